The maximum atomic E-state index is 13.9. The molecule has 7 heteroatoms. The van der Waals surface area contributed by atoms with Gasteiger partial charge in [-0.2, -0.15) is 4.31 Å². The van der Waals surface area contributed by atoms with Gasteiger partial charge in [-0.3, -0.25) is 0 Å². The first-order valence-corrected chi connectivity index (χ1v) is 8.77. The zero-order valence-corrected chi connectivity index (χ0v) is 13.5. The van der Waals surface area contributed by atoms with Crippen molar-refractivity contribution in [2.75, 3.05) is 7.05 Å². The van der Waals surface area contributed by atoms with Crippen LogP contribution in [0, 0.1) is 5.82 Å². The molecule has 0 unspecified atom stereocenters. The number of thiocarbonyl (C=S) groups is 1. The Labute approximate surface area is 130 Å². The van der Waals surface area contributed by atoms with Gasteiger partial charge < -0.3 is 5.73 Å². The van der Waals surface area contributed by atoms with E-state index < -0.39 is 15.8 Å². The van der Waals surface area contributed by atoms with Crippen LogP contribution in [0.4, 0.5) is 4.39 Å². The largest absolute Gasteiger partial charge is 0.389 e. The lowest BCUT2D eigenvalue weighted by atomic mass is 9.96. The first kappa shape index (κ1) is 16.3. The van der Waals surface area contributed by atoms with E-state index in [0.29, 0.717) is 0 Å². The Balaban J connectivity index is 2.44. The summed E-state index contributed by atoms with van der Waals surface area (Å²) >= 11 is 4.80. The van der Waals surface area contributed by atoms with E-state index in [1.807, 2.05) is 0 Å². The normalized spacial score (nSPS) is 17.1. The SMILES string of the molecule is CN(C1CCCCC1)S(=O)(=O)c1cccc(F)c1C(N)=S. The summed E-state index contributed by atoms with van der Waals surface area (Å²) in [6.45, 7) is 0. The van der Waals surface area contributed by atoms with E-state index in [-0.39, 0.29) is 21.5 Å². The van der Waals surface area contributed by atoms with Crippen molar-refractivity contribution in [3.05, 3.63) is 29.6 Å². The molecule has 1 aliphatic rings. The molecule has 2 N–H and O–H groups in total. The van der Waals surface area contributed by atoms with Crippen molar-refractivity contribution in [1.29, 1.82) is 0 Å². The van der Waals surface area contributed by atoms with E-state index in [1.165, 1.54) is 16.4 Å². The molecule has 0 radical (unpaired) electrons. The summed E-state index contributed by atoms with van der Waals surface area (Å²) in [7, 11) is -2.27. The first-order chi connectivity index (χ1) is 9.85. The van der Waals surface area contributed by atoms with Crippen molar-refractivity contribution in [1.82, 2.24) is 4.31 Å². The number of hydrogen-bond acceptors (Lipinski definition) is 3. The molecule has 21 heavy (non-hydrogen) atoms. The van der Waals surface area contributed by atoms with Gasteiger partial charge in [-0.05, 0) is 25.0 Å². The second kappa shape index (κ2) is 6.37. The highest BCUT2D eigenvalue weighted by atomic mass is 32.2. The highest BCUT2D eigenvalue weighted by Crippen LogP contribution is 2.28. The van der Waals surface area contributed by atoms with Crippen LogP contribution in [0.2, 0.25) is 0 Å². The van der Waals surface area contributed by atoms with Gasteiger partial charge in [-0.25, -0.2) is 12.8 Å². The molecule has 4 nitrogen and oxygen atoms in total. The fourth-order valence-electron chi connectivity index (χ4n) is 2.75. The van der Waals surface area contributed by atoms with Crippen molar-refractivity contribution < 1.29 is 12.8 Å². The number of nitrogens with two attached hydrogens (primary N) is 1. The molecular formula is C14H19FN2O2S2. The molecule has 2 rings (SSSR count). The Morgan fingerprint density at radius 1 is 1.33 bits per heavy atom. The standard InChI is InChI=1S/C14H19FN2O2S2/c1-17(10-6-3-2-4-7-10)21(18,19)12-9-5-8-11(15)13(12)14(16)20/h5,8-10H,2-4,6-7H2,1H3,(H2,16,20). The smallest absolute Gasteiger partial charge is 0.243 e. The number of rotatable bonds is 4. The number of nitrogens with zero attached hydrogens (tertiary/aromatic N) is 1. The maximum absolute atomic E-state index is 13.9. The summed E-state index contributed by atoms with van der Waals surface area (Å²) < 4.78 is 40.7. The third-order valence-electron chi connectivity index (χ3n) is 3.97. The minimum Gasteiger partial charge on any atom is -0.389 e. The van der Waals surface area contributed by atoms with Crippen LogP contribution < -0.4 is 5.73 Å². The second-order valence-corrected chi connectivity index (χ2v) is 7.70. The van der Waals surface area contributed by atoms with Crippen LogP contribution in [0.15, 0.2) is 23.1 Å². The summed E-state index contributed by atoms with van der Waals surface area (Å²) in [6.07, 6.45) is 4.80. The summed E-state index contributed by atoms with van der Waals surface area (Å²) in [5, 5.41) is 0. The molecule has 0 amide bonds. The second-order valence-electron chi connectivity index (χ2n) is 5.29. The fourth-order valence-corrected chi connectivity index (χ4v) is 4.66. The average Bonchev–Trinajstić information content (AvgIpc) is 2.46. The van der Waals surface area contributed by atoms with Crippen molar-refractivity contribution in [3.8, 4) is 0 Å². The quantitative estimate of drug-likeness (QED) is 0.861. The minimum atomic E-state index is -3.81. The van der Waals surface area contributed by atoms with Gasteiger partial charge >= 0.3 is 0 Å². The molecule has 0 aromatic heterocycles. The van der Waals surface area contributed by atoms with Gasteiger partial charge in [0.25, 0.3) is 0 Å². The summed E-state index contributed by atoms with van der Waals surface area (Å²) in [6, 6.07) is 3.82. The summed E-state index contributed by atoms with van der Waals surface area (Å²) in [5.74, 6) is -0.708. The Hall–Kier alpha value is -1.05. The molecule has 0 atom stereocenters. The summed E-state index contributed by atoms with van der Waals surface area (Å²) in [4.78, 5) is -0.396. The Kier molecular flexibility index (Phi) is 4.95. The van der Waals surface area contributed by atoms with E-state index in [0.717, 1.165) is 38.2 Å². The monoisotopic (exact) mass is 330 g/mol. The van der Waals surface area contributed by atoms with E-state index in [1.54, 1.807) is 7.05 Å². The Morgan fingerprint density at radius 3 is 2.52 bits per heavy atom. The van der Waals surface area contributed by atoms with Gasteiger partial charge in [0.15, 0.2) is 0 Å². The van der Waals surface area contributed by atoms with E-state index in [9.17, 15) is 12.8 Å². The lowest BCUT2D eigenvalue weighted by Gasteiger charge is -2.30. The van der Waals surface area contributed by atoms with Crippen LogP contribution >= 0.6 is 12.2 Å². The van der Waals surface area contributed by atoms with Crippen LogP contribution in [0.5, 0.6) is 0 Å². The third kappa shape index (κ3) is 3.25. The van der Waals surface area contributed by atoms with Gasteiger partial charge in [0.2, 0.25) is 10.0 Å². The molecule has 0 saturated heterocycles. The third-order valence-corrected chi connectivity index (χ3v) is 6.12. The Morgan fingerprint density at radius 2 is 1.95 bits per heavy atom. The van der Waals surface area contributed by atoms with Crippen LogP contribution in [-0.2, 0) is 10.0 Å². The number of sulfonamides is 1. The maximum Gasteiger partial charge on any atom is 0.243 e. The van der Waals surface area contributed by atoms with Crippen LogP contribution in [0.25, 0.3) is 0 Å². The van der Waals surface area contributed by atoms with Crippen molar-refractivity contribution >= 4 is 27.2 Å². The molecule has 1 fully saturated rings. The number of benzene rings is 1. The predicted molar refractivity (Wildman–Crippen MR) is 84.1 cm³/mol. The molecule has 1 aromatic rings. The highest BCUT2D eigenvalue weighted by Gasteiger charge is 2.32. The van der Waals surface area contributed by atoms with Gasteiger partial charge in [0, 0.05) is 13.1 Å². The molecule has 1 saturated carbocycles. The van der Waals surface area contributed by atoms with Crippen molar-refractivity contribution in [3.63, 3.8) is 0 Å². The number of halogens is 1. The zero-order chi connectivity index (χ0) is 15.6. The average molecular weight is 330 g/mol. The lowest BCUT2D eigenvalue weighted by molar-refractivity contribution is 0.285. The van der Waals surface area contributed by atoms with E-state index in [4.69, 9.17) is 18.0 Å². The molecule has 116 valence electrons. The molecule has 0 aliphatic heterocycles. The van der Waals surface area contributed by atoms with Gasteiger partial charge in [0.1, 0.15) is 10.8 Å². The molecule has 1 aliphatic carbocycles. The molecule has 0 spiro atoms. The van der Waals surface area contributed by atoms with Gasteiger partial charge in [-0.15, -0.1) is 0 Å². The molecule has 1 aromatic carbocycles. The zero-order valence-electron chi connectivity index (χ0n) is 11.9. The Bertz CT molecular complexity index is 640. The van der Waals surface area contributed by atoms with Crippen LogP contribution in [-0.4, -0.2) is 30.8 Å². The van der Waals surface area contributed by atoms with Gasteiger partial charge in [0.05, 0.1) is 10.5 Å². The first-order valence-electron chi connectivity index (χ1n) is 6.92. The minimum absolute atomic E-state index is 0.0498. The fraction of sp³-hybridized carbons (Fsp3) is 0.500. The van der Waals surface area contributed by atoms with Crippen molar-refractivity contribution in [2.45, 2.75) is 43.0 Å². The lowest BCUT2D eigenvalue weighted by Crippen LogP contribution is -2.39. The molecule has 0 heterocycles. The van der Waals surface area contributed by atoms with Crippen molar-refractivity contribution in [2.24, 2.45) is 5.73 Å². The van der Waals surface area contributed by atoms with Gasteiger partial charge in [-0.1, -0.05) is 37.5 Å². The van der Waals surface area contributed by atoms with Crippen LogP contribution in [0.3, 0.4) is 0 Å². The molecular weight excluding hydrogens is 311 g/mol. The van der Waals surface area contributed by atoms with E-state index >= 15 is 0 Å². The molecule has 0 bridgehead atoms. The van der Waals surface area contributed by atoms with Crippen LogP contribution in [0.1, 0.15) is 37.7 Å². The highest BCUT2D eigenvalue weighted by molar-refractivity contribution is 7.89. The summed E-state index contributed by atoms with van der Waals surface area (Å²) in [5.41, 5.74) is 5.30. The number of hydrogen-bond donors (Lipinski definition) is 1. The van der Waals surface area contributed by atoms with E-state index in [2.05, 4.69) is 0 Å². The topological polar surface area (TPSA) is 63.4 Å². The predicted octanol–water partition coefficient (Wildman–Crippen LogP) is 2.41.